The Labute approximate surface area is 213 Å². The highest BCUT2D eigenvalue weighted by molar-refractivity contribution is 7.13. The SMILES string of the molecule is Nc1nc(/C(=N/O)C(=O)N[C@@H]2C(=O)N3C(C(=O)O)=C(/C=C4\CCN(c5ccccn5)C4=O)CC[C@H]23)cs1. The first kappa shape index (κ1) is 24.1. The van der Waals surface area contributed by atoms with Gasteiger partial charge < -0.3 is 21.4 Å². The summed E-state index contributed by atoms with van der Waals surface area (Å²) in [7, 11) is 0. The Balaban J connectivity index is 1.35. The van der Waals surface area contributed by atoms with E-state index in [1.165, 1.54) is 10.3 Å². The number of anilines is 2. The average molecular weight is 524 g/mol. The molecule has 0 saturated carbocycles. The molecular formula is C23H21N7O6S. The molecular weight excluding hydrogens is 502 g/mol. The van der Waals surface area contributed by atoms with Crippen molar-refractivity contribution in [2.45, 2.75) is 31.3 Å². The fraction of sp³-hybridized carbons (Fsp3) is 0.261. The number of aliphatic carboxylic acids is 1. The summed E-state index contributed by atoms with van der Waals surface area (Å²) in [6.45, 7) is 0.413. The van der Waals surface area contributed by atoms with E-state index in [1.54, 1.807) is 30.5 Å². The number of fused-ring (bicyclic) bond motifs is 1. The monoisotopic (exact) mass is 523 g/mol. The molecule has 2 aromatic rings. The third-order valence-corrected chi connectivity index (χ3v) is 7.12. The van der Waals surface area contributed by atoms with Gasteiger partial charge in [-0.2, -0.15) is 0 Å². The van der Waals surface area contributed by atoms with Gasteiger partial charge in [0.05, 0.1) is 6.04 Å². The number of oxime groups is 1. The van der Waals surface area contributed by atoms with Crippen molar-refractivity contribution < 1.29 is 29.5 Å². The maximum Gasteiger partial charge on any atom is 0.352 e. The van der Waals surface area contributed by atoms with Gasteiger partial charge in [-0.1, -0.05) is 11.2 Å². The van der Waals surface area contributed by atoms with E-state index in [0.29, 0.717) is 36.4 Å². The molecule has 0 spiro atoms. The molecule has 2 aromatic heterocycles. The largest absolute Gasteiger partial charge is 0.477 e. The summed E-state index contributed by atoms with van der Waals surface area (Å²) in [5, 5.41) is 26.3. The van der Waals surface area contributed by atoms with Gasteiger partial charge in [-0.05, 0) is 43.0 Å². The summed E-state index contributed by atoms with van der Waals surface area (Å²) in [6.07, 6.45) is 4.19. The van der Waals surface area contributed by atoms with Crippen molar-refractivity contribution in [3.05, 3.63) is 58.4 Å². The maximum absolute atomic E-state index is 13.0. The number of allylic oxidation sites excluding steroid dienone is 2. The first-order valence-corrected chi connectivity index (χ1v) is 12.2. The van der Waals surface area contributed by atoms with Crippen LogP contribution < -0.4 is 16.0 Å². The van der Waals surface area contributed by atoms with Crippen LogP contribution in [0.3, 0.4) is 0 Å². The molecule has 0 bridgehead atoms. The second kappa shape index (κ2) is 9.46. The van der Waals surface area contributed by atoms with Crippen LogP contribution in [0.25, 0.3) is 0 Å². The fourth-order valence-electron chi connectivity index (χ4n) is 4.74. The molecule has 190 valence electrons. The van der Waals surface area contributed by atoms with E-state index >= 15 is 0 Å². The number of pyridine rings is 1. The quantitative estimate of drug-likeness (QED) is 0.137. The summed E-state index contributed by atoms with van der Waals surface area (Å²) in [5.41, 5.74) is 5.79. The van der Waals surface area contributed by atoms with Crippen LogP contribution in [0.5, 0.6) is 0 Å². The van der Waals surface area contributed by atoms with Gasteiger partial charge in [0.2, 0.25) is 0 Å². The number of β-lactam (4-membered cyclic amide) rings is 1. The number of nitrogen functional groups attached to an aromatic ring is 1. The number of nitrogens with one attached hydrogen (secondary N) is 1. The van der Waals surface area contributed by atoms with Gasteiger partial charge in [0, 0.05) is 23.7 Å². The van der Waals surface area contributed by atoms with Crippen molar-refractivity contribution in [1.82, 2.24) is 20.2 Å². The Bertz CT molecular complexity index is 1400. The minimum absolute atomic E-state index is 0.0516. The summed E-state index contributed by atoms with van der Waals surface area (Å²) in [5.74, 6) is -2.52. The van der Waals surface area contributed by atoms with Crippen LogP contribution in [-0.2, 0) is 19.2 Å². The van der Waals surface area contributed by atoms with Gasteiger partial charge in [0.15, 0.2) is 10.8 Å². The molecule has 37 heavy (non-hydrogen) atoms. The molecule has 3 amide bonds. The lowest BCUT2D eigenvalue weighted by Gasteiger charge is -2.50. The highest BCUT2D eigenvalue weighted by atomic mass is 32.1. The molecule has 13 nitrogen and oxygen atoms in total. The Morgan fingerprint density at radius 2 is 2.08 bits per heavy atom. The molecule has 0 aromatic carbocycles. The van der Waals surface area contributed by atoms with Gasteiger partial charge >= 0.3 is 5.97 Å². The van der Waals surface area contributed by atoms with Crippen molar-refractivity contribution in [3.63, 3.8) is 0 Å². The topological polar surface area (TPSA) is 191 Å². The number of carbonyl (C=O) groups excluding carboxylic acids is 3. The molecule has 14 heteroatoms. The van der Waals surface area contributed by atoms with E-state index < -0.39 is 35.6 Å². The lowest BCUT2D eigenvalue weighted by molar-refractivity contribution is -0.155. The molecule has 5 heterocycles. The van der Waals surface area contributed by atoms with Crippen molar-refractivity contribution in [3.8, 4) is 0 Å². The minimum Gasteiger partial charge on any atom is -0.477 e. The van der Waals surface area contributed by atoms with Crippen LogP contribution in [-0.4, -0.2) is 73.2 Å². The number of aromatic nitrogens is 2. The molecule has 2 saturated heterocycles. The number of thiazole rings is 1. The Kier molecular flexibility index (Phi) is 6.17. The van der Waals surface area contributed by atoms with Gasteiger partial charge in [-0.25, -0.2) is 14.8 Å². The second-order valence-corrected chi connectivity index (χ2v) is 9.42. The van der Waals surface area contributed by atoms with E-state index in [9.17, 15) is 29.5 Å². The van der Waals surface area contributed by atoms with E-state index in [0.717, 1.165) is 16.2 Å². The van der Waals surface area contributed by atoms with Crippen molar-refractivity contribution in [1.29, 1.82) is 0 Å². The van der Waals surface area contributed by atoms with Crippen LogP contribution in [0.1, 0.15) is 25.0 Å². The number of carbonyl (C=O) groups is 4. The van der Waals surface area contributed by atoms with Gasteiger partial charge in [0.1, 0.15) is 23.3 Å². The van der Waals surface area contributed by atoms with Gasteiger partial charge in [0.25, 0.3) is 17.7 Å². The number of hydrogen-bond acceptors (Lipinski definition) is 10. The normalized spacial score (nSPS) is 22.8. The number of rotatable bonds is 6. The van der Waals surface area contributed by atoms with Crippen LogP contribution >= 0.6 is 11.3 Å². The summed E-state index contributed by atoms with van der Waals surface area (Å²) >= 11 is 1.05. The predicted molar refractivity (Wildman–Crippen MR) is 131 cm³/mol. The van der Waals surface area contributed by atoms with Gasteiger partial charge in [-0.15, -0.1) is 11.3 Å². The van der Waals surface area contributed by atoms with E-state index in [2.05, 4.69) is 20.4 Å². The second-order valence-electron chi connectivity index (χ2n) is 8.53. The number of amides is 3. The number of nitrogens with two attached hydrogens (primary N) is 1. The number of nitrogens with zero attached hydrogens (tertiary/aromatic N) is 5. The zero-order chi connectivity index (χ0) is 26.3. The average Bonchev–Trinajstić information content (AvgIpc) is 3.48. The molecule has 0 aliphatic carbocycles. The van der Waals surface area contributed by atoms with E-state index in [-0.39, 0.29) is 28.9 Å². The lowest BCUT2D eigenvalue weighted by atomic mass is 9.82. The molecule has 3 aliphatic heterocycles. The van der Waals surface area contributed by atoms with Crippen LogP contribution in [0.4, 0.5) is 10.9 Å². The minimum atomic E-state index is -1.31. The van der Waals surface area contributed by atoms with E-state index in [1.807, 2.05) is 0 Å². The molecule has 3 aliphatic rings. The van der Waals surface area contributed by atoms with Crippen molar-refractivity contribution in [2.24, 2.45) is 5.16 Å². The summed E-state index contributed by atoms with van der Waals surface area (Å²) in [6, 6.07) is 3.63. The number of carboxylic acid groups (broad SMARTS) is 1. The molecule has 0 unspecified atom stereocenters. The fourth-order valence-corrected chi connectivity index (χ4v) is 5.29. The molecule has 2 fully saturated rings. The first-order chi connectivity index (χ1) is 17.8. The van der Waals surface area contributed by atoms with Crippen LogP contribution in [0, 0.1) is 0 Å². The van der Waals surface area contributed by atoms with Crippen LogP contribution in [0.2, 0.25) is 0 Å². The Morgan fingerprint density at radius 3 is 2.73 bits per heavy atom. The third-order valence-electron chi connectivity index (χ3n) is 6.44. The zero-order valence-electron chi connectivity index (χ0n) is 19.2. The number of hydrogen-bond donors (Lipinski definition) is 4. The molecule has 5 rings (SSSR count). The first-order valence-electron chi connectivity index (χ1n) is 11.3. The molecule has 0 radical (unpaired) electrons. The highest BCUT2D eigenvalue weighted by Gasteiger charge is 2.53. The Morgan fingerprint density at radius 1 is 1.27 bits per heavy atom. The third kappa shape index (κ3) is 4.20. The number of carboxylic acids is 1. The van der Waals surface area contributed by atoms with Crippen LogP contribution in [0.15, 0.2) is 57.9 Å². The molecule has 5 N–H and O–H groups in total. The smallest absolute Gasteiger partial charge is 0.352 e. The van der Waals surface area contributed by atoms with E-state index in [4.69, 9.17) is 5.73 Å². The highest BCUT2D eigenvalue weighted by Crippen LogP contribution is 2.38. The molecule has 2 atom stereocenters. The summed E-state index contributed by atoms with van der Waals surface area (Å²) < 4.78 is 0. The maximum atomic E-state index is 13.0. The standard InChI is InChI=1S/C23H21N7O6S/c24-23-26-13(10-37-23)16(28-36)19(31)27-17-14-5-4-11(18(22(34)35)30(14)21(17)33)9-12-6-8-29(20(12)32)15-3-1-2-7-25-15/h1-3,7,9-10,14,17,36H,4-6,8H2,(H2,24,26)(H,27,31)(H,34,35)/b12-9+,28-16-/t14-,17+/m1/s1. The van der Waals surface area contributed by atoms with Crippen molar-refractivity contribution in [2.75, 3.05) is 17.2 Å². The van der Waals surface area contributed by atoms with Gasteiger partial charge in [-0.3, -0.25) is 24.2 Å². The Hall–Kier alpha value is -4.59. The summed E-state index contributed by atoms with van der Waals surface area (Å²) in [4.78, 5) is 61.5. The van der Waals surface area contributed by atoms with Crippen molar-refractivity contribution >= 4 is 51.7 Å². The zero-order valence-corrected chi connectivity index (χ0v) is 20.0. The lowest BCUT2D eigenvalue weighted by Crippen LogP contribution is -2.72. The predicted octanol–water partition coefficient (Wildman–Crippen LogP) is 0.490.